The molecule has 2 fully saturated rings. The van der Waals surface area contributed by atoms with Gasteiger partial charge in [-0.15, -0.1) is 0 Å². The van der Waals surface area contributed by atoms with Gasteiger partial charge in [-0.05, 0) is 119 Å². The summed E-state index contributed by atoms with van der Waals surface area (Å²) in [5.74, 6) is -9.80. The molecule has 22 N–H and O–H groups in total. The van der Waals surface area contributed by atoms with Crippen molar-refractivity contribution in [2.45, 2.75) is 183 Å². The fourth-order valence-corrected chi connectivity index (χ4v) is 11.5. The zero-order valence-electron chi connectivity index (χ0n) is 54.5. The lowest BCUT2D eigenvalue weighted by Gasteiger charge is -2.32. The van der Waals surface area contributed by atoms with E-state index in [-0.39, 0.29) is 83.0 Å². The van der Waals surface area contributed by atoms with E-state index in [0.717, 1.165) is 0 Å². The highest BCUT2D eigenvalue weighted by atomic mass is 32.2. The lowest BCUT2D eigenvalue weighted by atomic mass is 10.0. The number of amides is 13. The van der Waals surface area contributed by atoms with Crippen LogP contribution in [0.1, 0.15) is 121 Å². The van der Waals surface area contributed by atoms with Gasteiger partial charge in [0.2, 0.25) is 76.8 Å². The minimum absolute atomic E-state index is 0.0736. The third-order valence-electron chi connectivity index (χ3n) is 16.0. The van der Waals surface area contributed by atoms with E-state index in [0.29, 0.717) is 55.4 Å². The molecule has 2 heterocycles. The van der Waals surface area contributed by atoms with Crippen LogP contribution in [0, 0.1) is 5.92 Å². The number of benzene rings is 2. The fraction of sp³-hybridized carbons (Fsp3) is 0.587. The van der Waals surface area contributed by atoms with Gasteiger partial charge >= 0.3 is 0 Å². The molecule has 0 spiro atoms. The number of nitrogens with two attached hydrogens (primary N) is 7. The molecule has 0 unspecified atom stereocenters. The molecule has 0 aromatic heterocycles. The first-order chi connectivity index (χ1) is 45.2. The van der Waals surface area contributed by atoms with Crippen LogP contribution in [0.4, 0.5) is 0 Å². The highest BCUT2D eigenvalue weighted by Gasteiger charge is 2.42. The molecule has 32 heteroatoms. The van der Waals surface area contributed by atoms with E-state index >= 15 is 0 Å². The van der Waals surface area contributed by atoms with Crippen molar-refractivity contribution in [3.8, 4) is 0 Å². The summed E-state index contributed by atoms with van der Waals surface area (Å²) in [4.78, 5) is 185. The number of nitrogens with zero attached hydrogens (tertiary/aromatic N) is 3. The summed E-state index contributed by atoms with van der Waals surface area (Å²) >= 11 is 1.45. The Morgan fingerprint density at radius 3 is 1.51 bits per heavy atom. The van der Waals surface area contributed by atoms with E-state index in [4.69, 9.17) is 40.1 Å². The van der Waals surface area contributed by atoms with Gasteiger partial charge in [0, 0.05) is 45.3 Å². The maximum absolute atomic E-state index is 14.7. The Morgan fingerprint density at radius 1 is 0.537 bits per heavy atom. The summed E-state index contributed by atoms with van der Waals surface area (Å²) in [6.07, 6.45) is 3.12. The van der Waals surface area contributed by atoms with Crippen molar-refractivity contribution in [2.75, 3.05) is 44.7 Å². The lowest BCUT2D eigenvalue weighted by Crippen LogP contribution is -2.60. The lowest BCUT2D eigenvalue weighted by molar-refractivity contribution is -0.144. The summed E-state index contributed by atoms with van der Waals surface area (Å²) in [7, 11) is 0. The third kappa shape index (κ3) is 27.5. The van der Waals surface area contributed by atoms with E-state index < -0.39 is 169 Å². The molecule has 95 heavy (non-hydrogen) atoms. The Labute approximate surface area is 558 Å². The van der Waals surface area contributed by atoms with Crippen LogP contribution in [0.15, 0.2) is 65.7 Å². The molecule has 10 atom stereocenters. The largest absolute Gasteiger partial charge is 0.370 e. The Morgan fingerprint density at radius 2 is 1.01 bits per heavy atom. The highest BCUT2D eigenvalue weighted by molar-refractivity contribution is 7.98. The molecule has 2 aliphatic heterocycles. The van der Waals surface area contributed by atoms with Gasteiger partial charge in [-0.2, -0.15) is 11.8 Å². The average molecular weight is 1350 g/mol. The minimum Gasteiger partial charge on any atom is -0.370 e. The Balaban J connectivity index is 1.56. The van der Waals surface area contributed by atoms with Crippen molar-refractivity contribution < 1.29 is 62.3 Å². The number of thioether (sulfide) groups is 1. The van der Waals surface area contributed by atoms with E-state index in [1.165, 1.54) is 21.6 Å². The Bertz CT molecular complexity index is 2960. The molecule has 0 saturated carbocycles. The summed E-state index contributed by atoms with van der Waals surface area (Å²) in [5.41, 5.74) is 40.6. The standard InChI is InChI=1S/C63H98N18O13S/c1-37(2)33-45(57(89)74-41(53(68)85)27-32-95-3)73-52(84)36-72-54(86)46(34-38-15-6-4-7-16-38)78-58(90)47(35-39-17-8-5-9-18-39)79-56(88)42(23-25-50(66)82)75-55(87)43(24-26-51(67)83)76-59(91)49-22-14-31-81(49)62(94)44(20-10-11-28-64)77-60(92)48-21-13-30-80(48)61(93)40(65)19-12-29-71-63(69)70/h4-9,15-18,37,40-49H,10-14,19-36,64-65H2,1-3H3,(H2,66,82)(H2,67,83)(H2,68,85)(H,72,86)(H,73,84)(H,74,89)(H,75,87)(H,76,91)(H,77,92)(H,78,90)(H,79,88)(H4,69,70,71)/t40-,41-,42-,43+,44+,45-,46-,47-,48-,49+/m0/s1. The van der Waals surface area contributed by atoms with Crippen LogP contribution in [0.5, 0.6) is 0 Å². The van der Waals surface area contributed by atoms with Crippen LogP contribution in [0.25, 0.3) is 0 Å². The number of likely N-dealkylation sites (tertiary alicyclic amines) is 2. The van der Waals surface area contributed by atoms with Gasteiger partial charge in [0.1, 0.15) is 54.4 Å². The van der Waals surface area contributed by atoms with E-state index in [1.807, 2.05) is 20.1 Å². The molecule has 4 rings (SSSR count). The zero-order chi connectivity index (χ0) is 70.1. The SMILES string of the molecule is CSCC[C@H](NC(=O)[C@H](CC(C)C)NC(=O)CNC(=O)[C@H](Cc1ccccc1)NC(=O)[C@H](Cc1ccccc1)NC(=O)[C@H](CCC(N)=O)NC(=O)[C@@H](CCC(N)=O)NC(=O)[C@H]1CCCN1C(=O)[C@@H](CCCCN)NC(=O)[C@@H]1CCCN1C(=O)[C@@H](N)CCCN=C(N)N)C(N)=O. The summed E-state index contributed by atoms with van der Waals surface area (Å²) in [6.45, 7) is 3.86. The maximum Gasteiger partial charge on any atom is 0.245 e. The van der Waals surface area contributed by atoms with Gasteiger partial charge in [0.05, 0.1) is 12.6 Å². The first-order valence-electron chi connectivity index (χ1n) is 32.2. The van der Waals surface area contributed by atoms with Crippen molar-refractivity contribution in [1.29, 1.82) is 0 Å². The highest BCUT2D eigenvalue weighted by Crippen LogP contribution is 2.24. The topological polar surface area (TPSA) is 519 Å². The predicted octanol–water partition coefficient (Wildman–Crippen LogP) is -3.71. The van der Waals surface area contributed by atoms with Gasteiger partial charge < -0.3 is 92.5 Å². The smallest absolute Gasteiger partial charge is 0.245 e. The molecule has 2 aliphatic rings. The average Bonchev–Trinajstić information content (AvgIpc) is 1.74. The molecular formula is C63H98N18O13S. The summed E-state index contributed by atoms with van der Waals surface area (Å²) in [5, 5.41) is 21.1. The Hall–Kier alpha value is -8.91. The first kappa shape index (κ1) is 78.5. The number of nitrogens with one attached hydrogen (secondary N) is 8. The van der Waals surface area contributed by atoms with Crippen molar-refractivity contribution in [3.63, 3.8) is 0 Å². The molecule has 2 aromatic rings. The van der Waals surface area contributed by atoms with Crippen LogP contribution in [0.3, 0.4) is 0 Å². The summed E-state index contributed by atoms with van der Waals surface area (Å²) < 4.78 is 0. The first-order valence-corrected chi connectivity index (χ1v) is 33.6. The zero-order valence-corrected chi connectivity index (χ0v) is 55.3. The number of carbonyl (C=O) groups excluding carboxylic acids is 13. The van der Waals surface area contributed by atoms with E-state index in [2.05, 4.69) is 47.5 Å². The van der Waals surface area contributed by atoms with Crippen LogP contribution in [-0.2, 0) is 75.2 Å². The van der Waals surface area contributed by atoms with Gasteiger partial charge in [-0.3, -0.25) is 67.3 Å². The van der Waals surface area contributed by atoms with Crippen molar-refractivity contribution in [1.82, 2.24) is 52.3 Å². The number of primary amides is 3. The van der Waals surface area contributed by atoms with Crippen molar-refractivity contribution in [3.05, 3.63) is 71.8 Å². The second kappa shape index (κ2) is 41.0. The number of hydrogen-bond donors (Lipinski definition) is 15. The van der Waals surface area contributed by atoms with E-state index in [1.54, 1.807) is 60.7 Å². The molecule has 0 aliphatic carbocycles. The molecule has 524 valence electrons. The molecule has 31 nitrogen and oxygen atoms in total. The number of guanidine groups is 1. The van der Waals surface area contributed by atoms with Crippen molar-refractivity contribution in [2.24, 2.45) is 51.0 Å². The number of rotatable bonds is 42. The van der Waals surface area contributed by atoms with Gasteiger partial charge in [-0.1, -0.05) is 74.5 Å². The second-order valence-corrected chi connectivity index (χ2v) is 25.1. The summed E-state index contributed by atoms with van der Waals surface area (Å²) in [6, 6.07) is 4.51. The van der Waals surface area contributed by atoms with E-state index in [9.17, 15) is 62.3 Å². The Kier molecular flexibility index (Phi) is 33.9. The fourth-order valence-electron chi connectivity index (χ4n) is 11.0. The van der Waals surface area contributed by atoms with Crippen LogP contribution < -0.4 is 82.7 Å². The van der Waals surface area contributed by atoms with Gasteiger partial charge in [-0.25, -0.2) is 0 Å². The molecule has 2 saturated heterocycles. The molecule has 0 bridgehead atoms. The maximum atomic E-state index is 14.7. The molecule has 2 aromatic carbocycles. The van der Waals surface area contributed by atoms with Crippen LogP contribution in [0.2, 0.25) is 0 Å². The quantitative estimate of drug-likeness (QED) is 0.0173. The molecule has 0 radical (unpaired) electrons. The van der Waals surface area contributed by atoms with Crippen molar-refractivity contribution >= 4 is 94.5 Å². The monoisotopic (exact) mass is 1350 g/mol. The second-order valence-electron chi connectivity index (χ2n) is 24.1. The van der Waals surface area contributed by atoms with Gasteiger partial charge in [0.25, 0.3) is 0 Å². The molecule has 13 amide bonds. The van der Waals surface area contributed by atoms with Crippen LogP contribution in [-0.4, -0.2) is 198 Å². The van der Waals surface area contributed by atoms with Gasteiger partial charge in [0.15, 0.2) is 5.96 Å². The number of aliphatic imine (C=N–C) groups is 1. The number of hydrogen-bond acceptors (Lipinski definition) is 17. The van der Waals surface area contributed by atoms with Crippen LogP contribution >= 0.6 is 11.8 Å². The third-order valence-corrected chi connectivity index (χ3v) is 16.7. The number of carbonyl (C=O) groups is 13. The number of unbranched alkanes of at least 4 members (excludes halogenated alkanes) is 1. The molecular weight excluding hydrogens is 1250 g/mol. The normalized spacial score (nSPS) is 16.8. The predicted molar refractivity (Wildman–Crippen MR) is 356 cm³/mol. The minimum atomic E-state index is -1.64.